The van der Waals surface area contributed by atoms with Gasteiger partial charge in [0.1, 0.15) is 12.4 Å². The van der Waals surface area contributed by atoms with Crippen LogP contribution in [0.4, 0.5) is 15.8 Å². The van der Waals surface area contributed by atoms with Gasteiger partial charge in [-0.2, -0.15) is 0 Å². The number of nitro benzene ring substituents is 1. The second kappa shape index (κ2) is 5.60. The van der Waals surface area contributed by atoms with Gasteiger partial charge in [0.15, 0.2) is 0 Å². The summed E-state index contributed by atoms with van der Waals surface area (Å²) in [5, 5.41) is 11.2. The summed E-state index contributed by atoms with van der Waals surface area (Å²) in [5.41, 5.74) is -2.37. The maximum atomic E-state index is 14.9. The van der Waals surface area contributed by atoms with Crippen molar-refractivity contribution in [2.45, 2.75) is 0 Å². The molecule has 0 spiro atoms. The number of nitro groups is 1. The Morgan fingerprint density at radius 2 is 2.17 bits per heavy atom. The summed E-state index contributed by atoms with van der Waals surface area (Å²) in [6.07, 6.45) is 0. The Balaban J connectivity index is 2.42. The molecule has 1 aliphatic heterocycles. The van der Waals surface area contributed by atoms with Crippen molar-refractivity contribution in [3.05, 3.63) is 69.4 Å². The first-order valence-electron chi connectivity index (χ1n) is 9.78. The van der Waals surface area contributed by atoms with Gasteiger partial charge < -0.3 is 4.90 Å². The number of non-ortho nitro benzene ring substituents is 1. The molecule has 0 fully saturated rings. The Labute approximate surface area is 140 Å². The van der Waals surface area contributed by atoms with Gasteiger partial charge in [-0.3, -0.25) is 19.9 Å². The van der Waals surface area contributed by atoms with E-state index in [2.05, 4.69) is 4.99 Å². The van der Waals surface area contributed by atoms with E-state index in [1.165, 1.54) is 0 Å². The molecular weight excluding hydrogens is 301 g/mol. The molecule has 0 bridgehead atoms. The summed E-state index contributed by atoms with van der Waals surface area (Å²) in [6.45, 7) is -3.76. The molecule has 1 amide bonds. The number of halogens is 1. The number of anilines is 1. The van der Waals surface area contributed by atoms with Crippen molar-refractivity contribution in [3.8, 4) is 0 Å². The second-order valence-corrected chi connectivity index (χ2v) is 4.54. The summed E-state index contributed by atoms with van der Waals surface area (Å²) in [4.78, 5) is 27.2. The summed E-state index contributed by atoms with van der Waals surface area (Å²) >= 11 is 0. The maximum absolute atomic E-state index is 14.9. The fraction of sp³-hybridized carbons (Fsp3) is 0.125. The Kier molecular flexibility index (Phi) is 2.07. The van der Waals surface area contributed by atoms with Crippen LogP contribution in [0.15, 0.2) is 47.4 Å². The molecule has 0 N–H and O–H groups in total. The number of carbonyl (C=O) groups excluding carboxylic acids is 1. The number of rotatable bonds is 2. The van der Waals surface area contributed by atoms with Crippen molar-refractivity contribution in [3.63, 3.8) is 0 Å². The molecule has 2 aromatic carbocycles. The third-order valence-electron chi connectivity index (χ3n) is 3.19. The molecule has 0 aliphatic carbocycles. The topological polar surface area (TPSA) is 75.8 Å². The van der Waals surface area contributed by atoms with Gasteiger partial charge in [0.25, 0.3) is 5.69 Å². The van der Waals surface area contributed by atoms with E-state index in [-0.39, 0.29) is 11.3 Å². The van der Waals surface area contributed by atoms with E-state index in [0.717, 1.165) is 18.2 Å². The van der Waals surface area contributed by atoms with Crippen LogP contribution in [-0.2, 0) is 4.79 Å². The lowest BCUT2D eigenvalue weighted by Gasteiger charge is -2.17. The number of aliphatic imine (C=N–C) groups is 1. The summed E-state index contributed by atoms with van der Waals surface area (Å²) in [5.74, 6) is -2.38. The van der Waals surface area contributed by atoms with Gasteiger partial charge in [-0.1, -0.05) is 12.1 Å². The van der Waals surface area contributed by atoms with E-state index in [1.807, 2.05) is 0 Å². The van der Waals surface area contributed by atoms with Crippen LogP contribution in [0.3, 0.4) is 0 Å². The van der Waals surface area contributed by atoms with Crippen LogP contribution >= 0.6 is 0 Å². The molecule has 0 atom stereocenters. The minimum Gasteiger partial charge on any atom is -0.313 e. The summed E-state index contributed by atoms with van der Waals surface area (Å²) < 4.78 is 68.8. The number of benzodiazepines with no additional fused rings is 1. The zero-order valence-electron chi connectivity index (χ0n) is 18.4. The minimum absolute atomic E-state index is 0.324. The van der Waals surface area contributed by atoms with E-state index in [0.29, 0.717) is 4.90 Å². The third kappa shape index (κ3) is 2.57. The Bertz CT molecular complexity index is 1110. The Morgan fingerprint density at radius 1 is 1.39 bits per heavy atom. The molecule has 23 heavy (non-hydrogen) atoms. The van der Waals surface area contributed by atoms with Crippen LogP contribution in [0.1, 0.15) is 20.7 Å². The highest BCUT2D eigenvalue weighted by Gasteiger charge is 2.25. The molecule has 0 radical (unpaired) electrons. The van der Waals surface area contributed by atoms with Crippen molar-refractivity contribution in [1.82, 2.24) is 0 Å². The number of benzene rings is 2. The van der Waals surface area contributed by atoms with Crippen LogP contribution in [0, 0.1) is 15.9 Å². The molecule has 3 rings (SSSR count). The number of carbonyl (C=O) groups is 1. The molecule has 7 heteroatoms. The van der Waals surface area contributed by atoms with Crippen LogP contribution in [0.2, 0.25) is 0 Å². The van der Waals surface area contributed by atoms with Crippen molar-refractivity contribution >= 4 is 23.0 Å². The first-order valence-corrected chi connectivity index (χ1v) is 6.28. The van der Waals surface area contributed by atoms with E-state index in [4.69, 9.17) is 9.60 Å². The van der Waals surface area contributed by atoms with Crippen LogP contribution in [0.5, 0.6) is 0 Å². The number of fused-ring (bicyclic) bond motifs is 1. The number of amides is 1. The SMILES string of the molecule is [2H]c1c([2H])c([2H])c(C2=NCC(=O)N(C([2H])([2H])[2H])c3ccc([N+](=O)[O-])cc32)c(F)c1[2H]. The largest absolute Gasteiger partial charge is 0.313 e. The number of likely N-dealkylation sites (N-methyl/N-ethyl adjacent to an activating group) is 1. The fourth-order valence-corrected chi connectivity index (χ4v) is 2.13. The lowest BCUT2D eigenvalue weighted by atomic mass is 9.99. The van der Waals surface area contributed by atoms with Crippen LogP contribution in [0.25, 0.3) is 0 Å². The second-order valence-electron chi connectivity index (χ2n) is 4.54. The van der Waals surface area contributed by atoms with Gasteiger partial charge in [-0.05, 0) is 18.2 Å². The molecule has 0 aromatic heterocycles. The summed E-state index contributed by atoms with van der Waals surface area (Å²) in [7, 11) is 0. The molecule has 1 heterocycles. The lowest BCUT2D eigenvalue weighted by molar-refractivity contribution is -0.384. The number of nitrogens with zero attached hydrogens (tertiary/aromatic N) is 3. The average molecular weight is 320 g/mol. The Hall–Kier alpha value is -3.09. The molecule has 1 aliphatic rings. The molecule has 0 saturated heterocycles. The third-order valence-corrected chi connectivity index (χ3v) is 3.19. The molecule has 2 aromatic rings. The Morgan fingerprint density at radius 3 is 2.91 bits per heavy atom. The van der Waals surface area contributed by atoms with Crippen molar-refractivity contribution in [2.75, 3.05) is 18.4 Å². The number of hydrogen-bond acceptors (Lipinski definition) is 4. The van der Waals surface area contributed by atoms with E-state index >= 15 is 0 Å². The first-order chi connectivity index (χ1) is 13.9. The van der Waals surface area contributed by atoms with Gasteiger partial charge in [-0.25, -0.2) is 4.39 Å². The highest BCUT2D eigenvalue weighted by atomic mass is 19.1. The number of hydrogen-bond donors (Lipinski definition) is 0. The van der Waals surface area contributed by atoms with Crippen molar-refractivity contribution in [2.24, 2.45) is 4.99 Å². The fourth-order valence-electron chi connectivity index (χ4n) is 2.13. The van der Waals surface area contributed by atoms with Gasteiger partial charge in [0.2, 0.25) is 5.91 Å². The monoisotopic (exact) mass is 320 g/mol. The molecule has 0 unspecified atom stereocenters. The zero-order chi connectivity index (χ0) is 22.5. The first kappa shape index (κ1) is 8.52. The van der Waals surface area contributed by atoms with Crippen LogP contribution < -0.4 is 4.90 Å². The lowest BCUT2D eigenvalue weighted by Crippen LogP contribution is -2.27. The molecular formula is C16H12FN3O3. The summed E-state index contributed by atoms with van der Waals surface area (Å²) in [6, 6.07) is -0.591. The highest BCUT2D eigenvalue weighted by Crippen LogP contribution is 2.30. The maximum Gasteiger partial charge on any atom is 0.270 e. The van der Waals surface area contributed by atoms with E-state index < -0.39 is 71.3 Å². The van der Waals surface area contributed by atoms with Gasteiger partial charge in [0, 0.05) is 34.3 Å². The standard InChI is InChI=1S/C16H12FN3O3/c1-19-14-7-6-10(20(22)23)8-12(14)16(18-9-15(19)21)11-4-2-3-5-13(11)17/h2-8H,9H2,1H3/i1D3,2D,3D,4D,5D. The van der Waals surface area contributed by atoms with E-state index in [1.54, 1.807) is 0 Å². The quantitative estimate of drug-likeness (QED) is 0.630. The van der Waals surface area contributed by atoms with Crippen LogP contribution in [-0.4, -0.2) is 30.1 Å². The predicted molar refractivity (Wildman–Crippen MR) is 83.4 cm³/mol. The van der Waals surface area contributed by atoms with Crippen molar-refractivity contribution < 1.29 is 23.7 Å². The zero-order valence-corrected chi connectivity index (χ0v) is 11.4. The van der Waals surface area contributed by atoms with E-state index in [9.17, 15) is 19.3 Å². The molecule has 6 nitrogen and oxygen atoms in total. The molecule has 116 valence electrons. The normalized spacial score (nSPS) is 19.0. The van der Waals surface area contributed by atoms with Gasteiger partial charge in [-0.15, -0.1) is 0 Å². The minimum atomic E-state index is -2.98. The molecule has 0 saturated carbocycles. The highest BCUT2D eigenvalue weighted by molar-refractivity contribution is 6.19. The predicted octanol–water partition coefficient (Wildman–Crippen LogP) is 2.55. The average Bonchev–Trinajstić information content (AvgIpc) is 2.80. The smallest absolute Gasteiger partial charge is 0.270 e. The van der Waals surface area contributed by atoms with Crippen molar-refractivity contribution in [1.29, 1.82) is 0 Å². The van der Waals surface area contributed by atoms with Gasteiger partial charge in [0.05, 0.1) is 21.8 Å². The van der Waals surface area contributed by atoms with Gasteiger partial charge >= 0.3 is 0 Å².